The number of hydrogen-bond acceptors (Lipinski definition) is 4. The summed E-state index contributed by atoms with van der Waals surface area (Å²) in [6, 6.07) is 11.7. The number of fused-ring (bicyclic) bond motifs is 1. The van der Waals surface area contributed by atoms with Crippen molar-refractivity contribution in [3.05, 3.63) is 64.6 Å². The minimum absolute atomic E-state index is 0.142. The second-order valence-electron chi connectivity index (χ2n) is 7.97. The van der Waals surface area contributed by atoms with Crippen LogP contribution in [0, 0.1) is 12.7 Å². The van der Waals surface area contributed by atoms with Crippen molar-refractivity contribution in [3.8, 4) is 5.75 Å². The SMILES string of the molecule is CCOC(=O)CCc1[nH]c2ccc(OCc3ccc(C4CCOC4)c(C)c3)cc2c1F. The molecule has 6 heteroatoms. The van der Waals surface area contributed by atoms with Crippen molar-refractivity contribution in [2.45, 2.75) is 45.6 Å². The molecule has 31 heavy (non-hydrogen) atoms. The average molecular weight is 426 g/mol. The van der Waals surface area contributed by atoms with E-state index in [1.165, 1.54) is 11.1 Å². The highest BCUT2D eigenvalue weighted by Crippen LogP contribution is 2.29. The van der Waals surface area contributed by atoms with Crippen LogP contribution in [-0.4, -0.2) is 30.8 Å². The van der Waals surface area contributed by atoms with E-state index >= 15 is 0 Å². The molecule has 1 aromatic heterocycles. The number of ether oxygens (including phenoxy) is 3. The summed E-state index contributed by atoms with van der Waals surface area (Å²) in [5.41, 5.74) is 4.75. The lowest BCUT2D eigenvalue weighted by molar-refractivity contribution is -0.143. The Labute approximate surface area is 181 Å². The van der Waals surface area contributed by atoms with E-state index in [2.05, 4.69) is 30.1 Å². The van der Waals surface area contributed by atoms with Gasteiger partial charge >= 0.3 is 5.97 Å². The number of H-pyrrole nitrogens is 1. The van der Waals surface area contributed by atoms with E-state index in [0.717, 1.165) is 25.2 Å². The summed E-state index contributed by atoms with van der Waals surface area (Å²) in [5.74, 6) is 0.412. The molecule has 5 nitrogen and oxygen atoms in total. The Morgan fingerprint density at radius 2 is 2.13 bits per heavy atom. The van der Waals surface area contributed by atoms with Crippen molar-refractivity contribution < 1.29 is 23.4 Å². The molecule has 3 aromatic rings. The van der Waals surface area contributed by atoms with E-state index in [9.17, 15) is 9.18 Å². The van der Waals surface area contributed by atoms with Gasteiger partial charge in [0.2, 0.25) is 0 Å². The van der Waals surface area contributed by atoms with E-state index in [0.29, 0.717) is 41.5 Å². The van der Waals surface area contributed by atoms with E-state index in [-0.39, 0.29) is 24.6 Å². The molecule has 0 bridgehead atoms. The van der Waals surface area contributed by atoms with Gasteiger partial charge in [0, 0.05) is 29.8 Å². The molecule has 0 saturated carbocycles. The first-order valence-electron chi connectivity index (χ1n) is 10.8. The van der Waals surface area contributed by atoms with Gasteiger partial charge < -0.3 is 19.2 Å². The molecule has 1 N–H and O–H groups in total. The molecule has 0 radical (unpaired) electrons. The third-order valence-electron chi connectivity index (χ3n) is 5.77. The minimum atomic E-state index is -0.344. The van der Waals surface area contributed by atoms with Gasteiger partial charge in [0.1, 0.15) is 12.4 Å². The van der Waals surface area contributed by atoms with Crippen LogP contribution in [0.3, 0.4) is 0 Å². The Kier molecular flexibility index (Phi) is 6.56. The summed E-state index contributed by atoms with van der Waals surface area (Å²) in [6.45, 7) is 6.24. The molecule has 1 fully saturated rings. The van der Waals surface area contributed by atoms with Crippen molar-refractivity contribution >= 4 is 16.9 Å². The first kappa shape index (κ1) is 21.4. The Hall–Kier alpha value is -2.86. The lowest BCUT2D eigenvalue weighted by Crippen LogP contribution is -2.05. The highest BCUT2D eigenvalue weighted by molar-refractivity contribution is 5.83. The number of aromatic amines is 1. The van der Waals surface area contributed by atoms with Gasteiger partial charge in [0.05, 0.1) is 25.3 Å². The van der Waals surface area contributed by atoms with Crippen LogP contribution in [0.25, 0.3) is 10.9 Å². The molecular weight excluding hydrogens is 397 g/mol. The zero-order valence-electron chi connectivity index (χ0n) is 18.0. The van der Waals surface area contributed by atoms with Crippen LogP contribution < -0.4 is 4.74 Å². The summed E-state index contributed by atoms with van der Waals surface area (Å²) in [7, 11) is 0. The van der Waals surface area contributed by atoms with Gasteiger partial charge in [-0.1, -0.05) is 18.2 Å². The lowest BCUT2D eigenvalue weighted by Gasteiger charge is -2.14. The van der Waals surface area contributed by atoms with E-state index in [1.54, 1.807) is 19.1 Å². The Bertz CT molecular complexity index is 1070. The fourth-order valence-corrected chi connectivity index (χ4v) is 4.15. The summed E-state index contributed by atoms with van der Waals surface area (Å²) in [6.07, 6.45) is 1.48. The maximum atomic E-state index is 14.8. The number of rotatable bonds is 8. The molecule has 0 spiro atoms. The summed E-state index contributed by atoms with van der Waals surface area (Å²) in [4.78, 5) is 14.6. The van der Waals surface area contributed by atoms with Gasteiger partial charge in [-0.25, -0.2) is 4.39 Å². The maximum absolute atomic E-state index is 14.8. The topological polar surface area (TPSA) is 60.6 Å². The molecule has 1 saturated heterocycles. The van der Waals surface area contributed by atoms with Gasteiger partial charge in [-0.2, -0.15) is 0 Å². The Balaban J connectivity index is 1.42. The van der Waals surface area contributed by atoms with Gasteiger partial charge in [0.25, 0.3) is 0 Å². The van der Waals surface area contributed by atoms with Crippen LogP contribution in [0.15, 0.2) is 36.4 Å². The Morgan fingerprint density at radius 3 is 2.87 bits per heavy atom. The molecule has 1 aliphatic rings. The number of aromatic nitrogens is 1. The third kappa shape index (κ3) is 4.90. The van der Waals surface area contributed by atoms with Crippen LogP contribution in [0.5, 0.6) is 5.75 Å². The van der Waals surface area contributed by atoms with Gasteiger partial charge in [-0.15, -0.1) is 0 Å². The number of benzene rings is 2. The second-order valence-corrected chi connectivity index (χ2v) is 7.97. The summed E-state index contributed by atoms with van der Waals surface area (Å²) < 4.78 is 31.2. The number of carbonyl (C=O) groups excluding carboxylic acids is 1. The highest BCUT2D eigenvalue weighted by Gasteiger charge is 2.19. The van der Waals surface area contributed by atoms with Gasteiger partial charge in [-0.3, -0.25) is 4.79 Å². The molecule has 2 heterocycles. The number of nitrogens with one attached hydrogen (secondary N) is 1. The summed E-state index contributed by atoms with van der Waals surface area (Å²) >= 11 is 0. The van der Waals surface area contributed by atoms with E-state index < -0.39 is 0 Å². The quantitative estimate of drug-likeness (QED) is 0.504. The van der Waals surface area contributed by atoms with Crippen molar-refractivity contribution in [3.63, 3.8) is 0 Å². The van der Waals surface area contributed by atoms with Crippen molar-refractivity contribution in [2.24, 2.45) is 0 Å². The smallest absolute Gasteiger partial charge is 0.306 e. The normalized spacial score (nSPS) is 16.0. The molecule has 4 rings (SSSR count). The fraction of sp³-hybridized carbons (Fsp3) is 0.400. The fourth-order valence-electron chi connectivity index (χ4n) is 4.15. The summed E-state index contributed by atoms with van der Waals surface area (Å²) in [5, 5.41) is 0.462. The largest absolute Gasteiger partial charge is 0.489 e. The molecule has 164 valence electrons. The monoisotopic (exact) mass is 425 g/mol. The first-order chi connectivity index (χ1) is 15.0. The molecule has 1 atom stereocenters. The molecule has 1 unspecified atom stereocenters. The lowest BCUT2D eigenvalue weighted by atomic mass is 9.93. The minimum Gasteiger partial charge on any atom is -0.489 e. The van der Waals surface area contributed by atoms with Gasteiger partial charge in [0.15, 0.2) is 5.82 Å². The second kappa shape index (κ2) is 9.52. The van der Waals surface area contributed by atoms with Crippen molar-refractivity contribution in [2.75, 3.05) is 19.8 Å². The van der Waals surface area contributed by atoms with Crippen LogP contribution in [-0.2, 0) is 27.3 Å². The standard InChI is InChI=1S/C25H28FNO4/c1-3-30-24(28)9-8-23-25(26)21-13-19(5-7-22(21)27-23)31-14-17-4-6-20(16(2)12-17)18-10-11-29-15-18/h4-7,12-13,18,27H,3,8-11,14-15H2,1-2H3. The number of esters is 1. The van der Waals surface area contributed by atoms with Crippen LogP contribution in [0.2, 0.25) is 0 Å². The first-order valence-corrected chi connectivity index (χ1v) is 10.8. The zero-order valence-corrected chi connectivity index (χ0v) is 18.0. The van der Waals surface area contributed by atoms with Crippen molar-refractivity contribution in [1.82, 2.24) is 4.98 Å². The average Bonchev–Trinajstić information content (AvgIpc) is 3.40. The number of halogens is 1. The van der Waals surface area contributed by atoms with Crippen molar-refractivity contribution in [1.29, 1.82) is 0 Å². The predicted molar refractivity (Wildman–Crippen MR) is 117 cm³/mol. The van der Waals surface area contributed by atoms with Crippen LogP contribution in [0.1, 0.15) is 48.1 Å². The predicted octanol–water partition coefficient (Wildman–Crippen LogP) is 5.19. The zero-order chi connectivity index (χ0) is 21.8. The van der Waals surface area contributed by atoms with E-state index in [1.807, 2.05) is 6.07 Å². The molecule has 0 amide bonds. The molecular formula is C25H28FNO4. The van der Waals surface area contributed by atoms with Crippen LogP contribution >= 0.6 is 0 Å². The maximum Gasteiger partial charge on any atom is 0.306 e. The third-order valence-corrected chi connectivity index (χ3v) is 5.77. The van der Waals surface area contributed by atoms with E-state index in [4.69, 9.17) is 14.2 Å². The van der Waals surface area contributed by atoms with Gasteiger partial charge in [-0.05, 0) is 55.2 Å². The van der Waals surface area contributed by atoms with Crippen LogP contribution in [0.4, 0.5) is 4.39 Å². The molecule has 0 aliphatic carbocycles. The number of aryl methyl sites for hydroxylation is 2. The Morgan fingerprint density at radius 1 is 1.26 bits per heavy atom. The highest BCUT2D eigenvalue weighted by atomic mass is 19.1. The number of carbonyl (C=O) groups is 1. The number of hydrogen-bond donors (Lipinski definition) is 1. The molecule has 1 aliphatic heterocycles. The molecule has 2 aromatic carbocycles.